The molecule has 0 fully saturated rings. The van der Waals surface area contributed by atoms with Crippen molar-refractivity contribution in [2.75, 3.05) is 11.1 Å². The Bertz CT molecular complexity index is 1640. The van der Waals surface area contributed by atoms with Gasteiger partial charge in [-0.1, -0.05) is 42.1 Å². The fourth-order valence-electron chi connectivity index (χ4n) is 3.70. The maximum Gasteiger partial charge on any atom is 0.267 e. The minimum Gasteiger partial charge on any atom is -0.366 e. The maximum atomic E-state index is 13.4. The molecule has 0 spiro atoms. The summed E-state index contributed by atoms with van der Waals surface area (Å²) in [6, 6.07) is 16.3. The number of aryl methyl sites for hydroxylation is 1. The summed E-state index contributed by atoms with van der Waals surface area (Å²) in [5, 5.41) is 14.4. The third-order valence-electron chi connectivity index (χ3n) is 5.27. The normalized spacial score (nSPS) is 11.2. The van der Waals surface area contributed by atoms with Crippen LogP contribution in [-0.2, 0) is 4.79 Å². The summed E-state index contributed by atoms with van der Waals surface area (Å²) < 4.78 is 3.32. The van der Waals surface area contributed by atoms with Gasteiger partial charge in [0.1, 0.15) is 5.00 Å². The molecule has 3 N–H and O–H groups in total. The number of para-hydroxylation sites is 2. The minimum absolute atomic E-state index is 0.0225. The van der Waals surface area contributed by atoms with Crippen LogP contribution in [0.3, 0.4) is 0 Å². The summed E-state index contributed by atoms with van der Waals surface area (Å²) in [5.74, 6) is -0.541. The third-order valence-corrected chi connectivity index (χ3v) is 7.03. The van der Waals surface area contributed by atoms with Gasteiger partial charge in [0.05, 0.1) is 27.9 Å². The number of hydrogen-bond acceptors (Lipinski definition) is 7. The Morgan fingerprint density at radius 3 is 2.65 bits per heavy atom. The second-order valence-electron chi connectivity index (χ2n) is 7.43. The largest absolute Gasteiger partial charge is 0.366 e. The molecule has 0 atom stereocenters. The number of carbonyl (C=O) groups excluding carboxylic acids is 2. The average molecular weight is 491 g/mol. The molecule has 0 radical (unpaired) electrons. The van der Waals surface area contributed by atoms with E-state index in [-0.39, 0.29) is 22.8 Å². The average Bonchev–Trinajstić information content (AvgIpc) is 3.46. The van der Waals surface area contributed by atoms with E-state index in [1.54, 1.807) is 32.5 Å². The van der Waals surface area contributed by atoms with Crippen LogP contribution in [0.15, 0.2) is 69.9 Å². The van der Waals surface area contributed by atoms with Crippen LogP contribution < -0.4 is 16.6 Å². The number of anilines is 1. The molecular formula is C23H18N6O3S2. The molecule has 2 aromatic carbocycles. The molecule has 3 heterocycles. The van der Waals surface area contributed by atoms with Gasteiger partial charge in [0.15, 0.2) is 5.16 Å². The van der Waals surface area contributed by atoms with Crippen molar-refractivity contribution in [3.63, 3.8) is 0 Å². The Kier molecular flexibility index (Phi) is 5.64. The van der Waals surface area contributed by atoms with Crippen molar-refractivity contribution in [3.05, 3.63) is 81.5 Å². The SMILES string of the molecule is Cc1ccccc1-n1c(=O)c2ccccc2n2c(SCC(=O)Nc3sccc3C(N)=O)nnc12. The molecular weight excluding hydrogens is 472 g/mol. The van der Waals surface area contributed by atoms with E-state index in [0.29, 0.717) is 32.5 Å². The Balaban J connectivity index is 1.55. The zero-order chi connectivity index (χ0) is 23.8. The third kappa shape index (κ3) is 3.74. The number of hydrogen-bond donors (Lipinski definition) is 2. The number of fused-ring (bicyclic) bond motifs is 3. The van der Waals surface area contributed by atoms with Gasteiger partial charge in [-0.3, -0.25) is 18.8 Å². The first kappa shape index (κ1) is 21.9. The monoisotopic (exact) mass is 490 g/mol. The highest BCUT2D eigenvalue weighted by atomic mass is 32.2. The number of amides is 2. The van der Waals surface area contributed by atoms with E-state index >= 15 is 0 Å². The Morgan fingerprint density at radius 2 is 1.85 bits per heavy atom. The lowest BCUT2D eigenvalue weighted by molar-refractivity contribution is -0.113. The molecule has 0 saturated heterocycles. The summed E-state index contributed by atoms with van der Waals surface area (Å²) in [6.07, 6.45) is 0. The van der Waals surface area contributed by atoms with E-state index in [1.807, 2.05) is 43.3 Å². The van der Waals surface area contributed by atoms with Gasteiger partial charge in [0.2, 0.25) is 11.7 Å². The van der Waals surface area contributed by atoms with E-state index in [4.69, 9.17) is 5.73 Å². The van der Waals surface area contributed by atoms with Gasteiger partial charge in [0.25, 0.3) is 11.5 Å². The van der Waals surface area contributed by atoms with Crippen molar-refractivity contribution in [3.8, 4) is 5.69 Å². The van der Waals surface area contributed by atoms with E-state index in [2.05, 4.69) is 15.5 Å². The second kappa shape index (κ2) is 8.76. The number of nitrogens with zero attached hydrogens (tertiary/aromatic N) is 4. The Hall–Kier alpha value is -3.96. The smallest absolute Gasteiger partial charge is 0.267 e. The number of carbonyl (C=O) groups is 2. The van der Waals surface area contributed by atoms with Crippen LogP contribution in [0.4, 0.5) is 5.00 Å². The van der Waals surface area contributed by atoms with Crippen molar-refractivity contribution in [2.24, 2.45) is 5.73 Å². The molecule has 2 amide bonds. The summed E-state index contributed by atoms with van der Waals surface area (Å²) in [7, 11) is 0. The molecule has 0 aliphatic carbocycles. The number of primary amides is 1. The zero-order valence-electron chi connectivity index (χ0n) is 17.9. The lowest BCUT2D eigenvalue weighted by Crippen LogP contribution is -2.22. The molecule has 9 nitrogen and oxygen atoms in total. The predicted molar refractivity (Wildman–Crippen MR) is 133 cm³/mol. The maximum absolute atomic E-state index is 13.4. The number of aromatic nitrogens is 4. The summed E-state index contributed by atoms with van der Waals surface area (Å²) in [6.45, 7) is 1.93. The van der Waals surface area contributed by atoms with E-state index in [1.165, 1.54) is 23.1 Å². The zero-order valence-corrected chi connectivity index (χ0v) is 19.5. The van der Waals surface area contributed by atoms with Gasteiger partial charge in [-0.15, -0.1) is 21.5 Å². The van der Waals surface area contributed by atoms with Crippen LogP contribution in [0.2, 0.25) is 0 Å². The minimum atomic E-state index is -0.603. The fourth-order valence-corrected chi connectivity index (χ4v) is 5.25. The van der Waals surface area contributed by atoms with Gasteiger partial charge < -0.3 is 11.1 Å². The van der Waals surface area contributed by atoms with Crippen LogP contribution in [0, 0.1) is 6.92 Å². The van der Waals surface area contributed by atoms with Crippen molar-refractivity contribution in [2.45, 2.75) is 12.1 Å². The highest BCUT2D eigenvalue weighted by Gasteiger charge is 2.20. The number of nitrogens with two attached hydrogens (primary N) is 1. The molecule has 3 aromatic heterocycles. The molecule has 0 aliphatic rings. The molecule has 0 saturated carbocycles. The quantitative estimate of drug-likeness (QED) is 0.352. The van der Waals surface area contributed by atoms with Crippen LogP contribution >= 0.6 is 23.1 Å². The molecule has 0 unspecified atom stereocenters. The van der Waals surface area contributed by atoms with Gasteiger partial charge in [-0.25, -0.2) is 4.57 Å². The van der Waals surface area contributed by atoms with Gasteiger partial charge in [0, 0.05) is 0 Å². The second-order valence-corrected chi connectivity index (χ2v) is 9.29. The standard InChI is InChI=1S/C23H18N6O3S2/c1-13-6-2-4-8-16(13)28-21(32)14-7-3-5-9-17(14)29-22(28)26-27-23(29)34-12-18(30)25-20-15(19(24)31)10-11-33-20/h2-11H,12H2,1H3,(H2,24,31)(H,25,30). The van der Waals surface area contributed by atoms with E-state index < -0.39 is 5.91 Å². The van der Waals surface area contributed by atoms with E-state index in [0.717, 1.165) is 5.56 Å². The Labute approximate surface area is 201 Å². The van der Waals surface area contributed by atoms with Crippen molar-refractivity contribution in [1.29, 1.82) is 0 Å². The summed E-state index contributed by atoms with van der Waals surface area (Å²) >= 11 is 2.40. The number of rotatable bonds is 6. The molecule has 0 aliphatic heterocycles. The fraction of sp³-hybridized carbons (Fsp3) is 0.0870. The molecule has 34 heavy (non-hydrogen) atoms. The Morgan fingerprint density at radius 1 is 1.09 bits per heavy atom. The van der Waals surface area contributed by atoms with E-state index in [9.17, 15) is 14.4 Å². The molecule has 170 valence electrons. The number of thiophene rings is 1. The highest BCUT2D eigenvalue weighted by Crippen LogP contribution is 2.26. The topological polar surface area (TPSA) is 124 Å². The number of thioether (sulfide) groups is 1. The first-order chi connectivity index (χ1) is 16.5. The first-order valence-corrected chi connectivity index (χ1v) is 12.1. The number of nitrogens with one attached hydrogen (secondary N) is 1. The van der Waals surface area contributed by atoms with Crippen LogP contribution in [-0.4, -0.2) is 36.7 Å². The summed E-state index contributed by atoms with van der Waals surface area (Å²) in [5.41, 5.74) is 7.69. The molecule has 11 heteroatoms. The van der Waals surface area contributed by atoms with Crippen LogP contribution in [0.25, 0.3) is 22.4 Å². The number of benzene rings is 2. The molecule has 5 rings (SSSR count). The van der Waals surface area contributed by atoms with Crippen LogP contribution in [0.1, 0.15) is 15.9 Å². The van der Waals surface area contributed by atoms with Crippen molar-refractivity contribution in [1.82, 2.24) is 19.2 Å². The van der Waals surface area contributed by atoms with Crippen molar-refractivity contribution >= 4 is 56.6 Å². The van der Waals surface area contributed by atoms with Gasteiger partial charge in [-0.05, 0) is 42.1 Å². The highest BCUT2D eigenvalue weighted by molar-refractivity contribution is 7.99. The molecule has 0 bridgehead atoms. The first-order valence-electron chi connectivity index (χ1n) is 10.2. The predicted octanol–water partition coefficient (Wildman–Crippen LogP) is 3.23. The lowest BCUT2D eigenvalue weighted by Gasteiger charge is -2.13. The van der Waals surface area contributed by atoms with Crippen LogP contribution in [0.5, 0.6) is 0 Å². The molecule has 5 aromatic rings. The van der Waals surface area contributed by atoms with Gasteiger partial charge in [-0.2, -0.15) is 0 Å². The summed E-state index contributed by atoms with van der Waals surface area (Å²) in [4.78, 5) is 37.5. The van der Waals surface area contributed by atoms with Crippen molar-refractivity contribution < 1.29 is 9.59 Å². The van der Waals surface area contributed by atoms with Gasteiger partial charge >= 0.3 is 0 Å². The lowest BCUT2D eigenvalue weighted by atomic mass is 10.2.